The van der Waals surface area contributed by atoms with Crippen LogP contribution in [0.25, 0.3) is 0 Å². The second-order valence-electron chi connectivity index (χ2n) is 8.68. The van der Waals surface area contributed by atoms with E-state index >= 15 is 0 Å². The van der Waals surface area contributed by atoms with Crippen molar-refractivity contribution in [1.82, 2.24) is 0 Å². The molecule has 130 valence electrons. The Bertz CT molecular complexity index is 247. The van der Waals surface area contributed by atoms with E-state index < -0.39 is 0 Å². The van der Waals surface area contributed by atoms with Crippen LogP contribution in [0.1, 0.15) is 122 Å². The highest BCUT2D eigenvalue weighted by Crippen LogP contribution is 2.31. The van der Waals surface area contributed by atoms with Crippen LogP contribution in [0.3, 0.4) is 0 Å². The first kappa shape index (κ1) is 18.3. The average molecular weight is 307 g/mol. The summed E-state index contributed by atoms with van der Waals surface area (Å²) in [5.74, 6) is 3.14. The zero-order chi connectivity index (χ0) is 15.5. The number of hydrogen-bond donors (Lipinski definition) is 0. The molecule has 0 spiro atoms. The summed E-state index contributed by atoms with van der Waals surface area (Å²) in [6.45, 7) is 2.49. The summed E-state index contributed by atoms with van der Waals surface area (Å²) in [5.41, 5.74) is 0. The fourth-order valence-corrected chi connectivity index (χ4v) is 4.90. The highest BCUT2D eigenvalue weighted by Gasteiger charge is 2.15. The fraction of sp³-hybridized carbons (Fsp3) is 1.00. The van der Waals surface area contributed by atoms with Crippen molar-refractivity contribution in [2.24, 2.45) is 17.8 Å². The first-order chi connectivity index (χ1) is 10.8. The molecular weight excluding hydrogens is 264 g/mol. The Labute approximate surface area is 140 Å². The Morgan fingerprint density at radius 2 is 0.955 bits per heavy atom. The standard InChI is InChI=1S/C22H42/c1-20-12-7-6-10-15-22(19-18-20)17-11-16-21-13-8-4-2-3-5-9-14-21/h20-22H,2-19H2,1H3. The molecule has 2 aliphatic carbocycles. The first-order valence-corrected chi connectivity index (χ1v) is 10.8. The van der Waals surface area contributed by atoms with E-state index in [0.717, 1.165) is 17.8 Å². The van der Waals surface area contributed by atoms with Gasteiger partial charge in [0, 0.05) is 0 Å². The van der Waals surface area contributed by atoms with Gasteiger partial charge in [0.05, 0.1) is 0 Å². The van der Waals surface area contributed by atoms with E-state index in [0.29, 0.717) is 0 Å². The Morgan fingerprint density at radius 1 is 0.500 bits per heavy atom. The monoisotopic (exact) mass is 306 g/mol. The topological polar surface area (TPSA) is 0 Å². The highest BCUT2D eigenvalue weighted by atomic mass is 14.2. The molecule has 0 bridgehead atoms. The third kappa shape index (κ3) is 8.02. The van der Waals surface area contributed by atoms with Crippen molar-refractivity contribution < 1.29 is 0 Å². The lowest BCUT2D eigenvalue weighted by Gasteiger charge is -2.20. The van der Waals surface area contributed by atoms with Gasteiger partial charge in [0.1, 0.15) is 0 Å². The maximum atomic E-state index is 2.49. The van der Waals surface area contributed by atoms with Crippen molar-refractivity contribution in [3.05, 3.63) is 0 Å². The molecule has 0 radical (unpaired) electrons. The van der Waals surface area contributed by atoms with Crippen LogP contribution in [-0.2, 0) is 0 Å². The molecule has 0 aromatic rings. The van der Waals surface area contributed by atoms with Crippen molar-refractivity contribution in [1.29, 1.82) is 0 Å². The van der Waals surface area contributed by atoms with Crippen LogP contribution in [-0.4, -0.2) is 0 Å². The third-order valence-corrected chi connectivity index (χ3v) is 6.58. The van der Waals surface area contributed by atoms with Gasteiger partial charge >= 0.3 is 0 Å². The third-order valence-electron chi connectivity index (χ3n) is 6.58. The molecule has 0 heterocycles. The van der Waals surface area contributed by atoms with Gasteiger partial charge < -0.3 is 0 Å². The zero-order valence-electron chi connectivity index (χ0n) is 15.5. The molecule has 2 atom stereocenters. The van der Waals surface area contributed by atoms with Crippen molar-refractivity contribution in [2.45, 2.75) is 122 Å². The van der Waals surface area contributed by atoms with Gasteiger partial charge in [-0.05, 0) is 17.8 Å². The minimum Gasteiger partial charge on any atom is -0.0625 e. The molecule has 2 unspecified atom stereocenters. The summed E-state index contributed by atoms with van der Waals surface area (Å²) < 4.78 is 0. The van der Waals surface area contributed by atoms with E-state index in [9.17, 15) is 0 Å². The summed E-state index contributed by atoms with van der Waals surface area (Å²) in [7, 11) is 0. The van der Waals surface area contributed by atoms with E-state index in [1.807, 2.05) is 0 Å². The van der Waals surface area contributed by atoms with Gasteiger partial charge in [-0.1, -0.05) is 122 Å². The molecule has 0 amide bonds. The number of hydrogen-bond acceptors (Lipinski definition) is 0. The Morgan fingerprint density at radius 3 is 1.59 bits per heavy atom. The fourth-order valence-electron chi connectivity index (χ4n) is 4.90. The van der Waals surface area contributed by atoms with Crippen LogP contribution in [0.2, 0.25) is 0 Å². The lowest BCUT2D eigenvalue weighted by atomic mass is 9.86. The smallest absolute Gasteiger partial charge is 0.0414 e. The quantitative estimate of drug-likeness (QED) is 0.495. The maximum absolute atomic E-state index is 2.49. The van der Waals surface area contributed by atoms with E-state index in [-0.39, 0.29) is 0 Å². The predicted octanol–water partition coefficient (Wildman–Crippen LogP) is 7.90. The van der Waals surface area contributed by atoms with Crippen LogP contribution in [0, 0.1) is 17.8 Å². The summed E-state index contributed by atoms with van der Waals surface area (Å²) in [6, 6.07) is 0. The molecule has 0 nitrogen and oxygen atoms in total. The molecule has 22 heavy (non-hydrogen) atoms. The van der Waals surface area contributed by atoms with Gasteiger partial charge in [0.2, 0.25) is 0 Å². The Kier molecular flexibility index (Phi) is 9.61. The molecule has 0 N–H and O–H groups in total. The minimum absolute atomic E-state index is 0.995. The zero-order valence-corrected chi connectivity index (χ0v) is 15.5. The van der Waals surface area contributed by atoms with E-state index in [4.69, 9.17) is 0 Å². The van der Waals surface area contributed by atoms with Gasteiger partial charge in [0.15, 0.2) is 0 Å². The van der Waals surface area contributed by atoms with E-state index in [1.165, 1.54) is 89.9 Å². The summed E-state index contributed by atoms with van der Waals surface area (Å²) >= 11 is 0. The van der Waals surface area contributed by atoms with Gasteiger partial charge in [-0.3, -0.25) is 0 Å². The molecule has 0 heteroatoms. The molecule has 0 aliphatic heterocycles. The van der Waals surface area contributed by atoms with Gasteiger partial charge in [-0.15, -0.1) is 0 Å². The van der Waals surface area contributed by atoms with Gasteiger partial charge in [-0.2, -0.15) is 0 Å². The van der Waals surface area contributed by atoms with Crippen LogP contribution < -0.4 is 0 Å². The SMILES string of the molecule is CC1CCCCCC(CCCC2CCCCCCCC2)CC1. The lowest BCUT2D eigenvalue weighted by molar-refractivity contribution is 0.329. The Hall–Kier alpha value is 0. The maximum Gasteiger partial charge on any atom is -0.0414 e. The summed E-state index contributed by atoms with van der Waals surface area (Å²) in [6.07, 6.45) is 27.4. The molecule has 2 rings (SSSR count). The van der Waals surface area contributed by atoms with Crippen LogP contribution >= 0.6 is 0 Å². The van der Waals surface area contributed by atoms with Crippen molar-refractivity contribution >= 4 is 0 Å². The van der Waals surface area contributed by atoms with Crippen molar-refractivity contribution in [3.63, 3.8) is 0 Å². The Balaban J connectivity index is 1.64. The van der Waals surface area contributed by atoms with Gasteiger partial charge in [0.25, 0.3) is 0 Å². The molecule has 2 saturated carbocycles. The van der Waals surface area contributed by atoms with E-state index in [2.05, 4.69) is 6.92 Å². The van der Waals surface area contributed by atoms with Crippen LogP contribution in [0.5, 0.6) is 0 Å². The average Bonchev–Trinajstić information content (AvgIpc) is 2.71. The van der Waals surface area contributed by atoms with Crippen LogP contribution in [0.4, 0.5) is 0 Å². The van der Waals surface area contributed by atoms with Crippen molar-refractivity contribution in [3.8, 4) is 0 Å². The van der Waals surface area contributed by atoms with Crippen molar-refractivity contribution in [2.75, 3.05) is 0 Å². The second kappa shape index (κ2) is 11.5. The predicted molar refractivity (Wildman–Crippen MR) is 99.3 cm³/mol. The number of rotatable bonds is 4. The molecule has 0 aromatic carbocycles. The first-order valence-electron chi connectivity index (χ1n) is 10.8. The highest BCUT2D eigenvalue weighted by molar-refractivity contribution is 4.69. The molecular formula is C22H42. The second-order valence-corrected chi connectivity index (χ2v) is 8.68. The lowest BCUT2D eigenvalue weighted by Crippen LogP contribution is -2.05. The largest absolute Gasteiger partial charge is 0.0625 e. The summed E-state index contributed by atoms with van der Waals surface area (Å²) in [4.78, 5) is 0. The molecule has 0 saturated heterocycles. The molecule has 2 fully saturated rings. The van der Waals surface area contributed by atoms with E-state index in [1.54, 1.807) is 25.7 Å². The van der Waals surface area contributed by atoms with Crippen LogP contribution in [0.15, 0.2) is 0 Å². The molecule has 0 aromatic heterocycles. The minimum atomic E-state index is 0.995. The molecule has 2 aliphatic rings. The van der Waals surface area contributed by atoms with Gasteiger partial charge in [-0.25, -0.2) is 0 Å². The summed E-state index contributed by atoms with van der Waals surface area (Å²) in [5, 5.41) is 0. The normalized spacial score (nSPS) is 30.4.